The third-order valence-electron chi connectivity index (χ3n) is 5.39. The van der Waals surface area contributed by atoms with Crippen LogP contribution >= 0.6 is 0 Å². The van der Waals surface area contributed by atoms with Crippen LogP contribution < -0.4 is 5.32 Å². The molecule has 1 aromatic rings. The Morgan fingerprint density at radius 1 is 1.15 bits per heavy atom. The molecule has 1 aliphatic heterocycles. The standard InChI is InChI=1S/C18H28N2/c1-19-18-9-5-8-16(18)10-12-20-13-11-17(14-20)15-6-3-2-4-7-15/h2-4,6-7,16-19H,5,8-14H2,1H3. The van der Waals surface area contributed by atoms with Crippen molar-refractivity contribution >= 4 is 0 Å². The van der Waals surface area contributed by atoms with Crippen LogP contribution in [0.4, 0.5) is 0 Å². The third kappa shape index (κ3) is 3.24. The second-order valence-electron chi connectivity index (χ2n) is 6.57. The van der Waals surface area contributed by atoms with Crippen LogP contribution in [0.2, 0.25) is 0 Å². The molecular weight excluding hydrogens is 244 g/mol. The van der Waals surface area contributed by atoms with E-state index < -0.39 is 0 Å². The summed E-state index contributed by atoms with van der Waals surface area (Å²) in [5.41, 5.74) is 1.53. The topological polar surface area (TPSA) is 15.3 Å². The van der Waals surface area contributed by atoms with Crippen molar-refractivity contribution in [1.29, 1.82) is 0 Å². The van der Waals surface area contributed by atoms with Gasteiger partial charge in [0.1, 0.15) is 0 Å². The second-order valence-corrected chi connectivity index (χ2v) is 6.57. The quantitative estimate of drug-likeness (QED) is 0.885. The summed E-state index contributed by atoms with van der Waals surface area (Å²) in [6.07, 6.45) is 6.95. The molecule has 3 rings (SSSR count). The molecule has 0 aromatic heterocycles. The lowest BCUT2D eigenvalue weighted by molar-refractivity contribution is 0.283. The predicted molar refractivity (Wildman–Crippen MR) is 85.0 cm³/mol. The summed E-state index contributed by atoms with van der Waals surface area (Å²) in [4.78, 5) is 2.68. The van der Waals surface area contributed by atoms with E-state index in [-0.39, 0.29) is 0 Å². The van der Waals surface area contributed by atoms with Gasteiger partial charge >= 0.3 is 0 Å². The molecule has 3 atom stereocenters. The summed E-state index contributed by atoms with van der Waals surface area (Å²) < 4.78 is 0. The van der Waals surface area contributed by atoms with Crippen LogP contribution in [0.25, 0.3) is 0 Å². The Labute approximate surface area is 123 Å². The maximum absolute atomic E-state index is 3.51. The number of benzene rings is 1. The largest absolute Gasteiger partial charge is 0.317 e. The van der Waals surface area contributed by atoms with E-state index in [0.29, 0.717) is 0 Å². The van der Waals surface area contributed by atoms with Gasteiger partial charge in [0.05, 0.1) is 0 Å². The minimum Gasteiger partial charge on any atom is -0.317 e. The van der Waals surface area contributed by atoms with Crippen LogP contribution in [0.1, 0.15) is 43.6 Å². The molecule has 0 spiro atoms. The van der Waals surface area contributed by atoms with Gasteiger partial charge in [-0.3, -0.25) is 0 Å². The molecule has 2 aliphatic rings. The fourth-order valence-corrected chi connectivity index (χ4v) is 4.14. The van der Waals surface area contributed by atoms with Gasteiger partial charge < -0.3 is 10.2 Å². The molecule has 1 heterocycles. The molecule has 0 bridgehead atoms. The zero-order valence-corrected chi connectivity index (χ0v) is 12.7. The van der Waals surface area contributed by atoms with Gasteiger partial charge in [-0.2, -0.15) is 0 Å². The molecule has 0 amide bonds. The molecule has 1 saturated carbocycles. The van der Waals surface area contributed by atoms with E-state index in [1.165, 1.54) is 57.3 Å². The highest BCUT2D eigenvalue weighted by molar-refractivity contribution is 5.20. The number of rotatable bonds is 5. The maximum Gasteiger partial charge on any atom is 0.00928 e. The lowest BCUT2D eigenvalue weighted by Crippen LogP contribution is -2.32. The molecule has 3 unspecified atom stereocenters. The van der Waals surface area contributed by atoms with Gasteiger partial charge in [-0.05, 0) is 63.2 Å². The molecule has 2 heteroatoms. The molecule has 1 aliphatic carbocycles. The first-order valence-electron chi connectivity index (χ1n) is 8.31. The van der Waals surface area contributed by atoms with Crippen LogP contribution in [0.5, 0.6) is 0 Å². The van der Waals surface area contributed by atoms with Crippen molar-refractivity contribution in [2.45, 2.75) is 44.1 Å². The Morgan fingerprint density at radius 3 is 2.80 bits per heavy atom. The average Bonchev–Trinajstić information content (AvgIpc) is 3.15. The van der Waals surface area contributed by atoms with E-state index in [0.717, 1.165) is 17.9 Å². The highest BCUT2D eigenvalue weighted by atomic mass is 15.1. The molecule has 1 aromatic carbocycles. The van der Waals surface area contributed by atoms with Gasteiger partial charge in [0.2, 0.25) is 0 Å². The zero-order valence-electron chi connectivity index (χ0n) is 12.7. The van der Waals surface area contributed by atoms with Gasteiger partial charge in [-0.25, -0.2) is 0 Å². The maximum atomic E-state index is 3.51. The van der Waals surface area contributed by atoms with Crippen LogP contribution in [-0.4, -0.2) is 37.6 Å². The normalized spacial score (nSPS) is 30.9. The van der Waals surface area contributed by atoms with Gasteiger partial charge in [-0.1, -0.05) is 36.8 Å². The van der Waals surface area contributed by atoms with Crippen LogP contribution in [-0.2, 0) is 0 Å². The Bertz CT molecular complexity index is 403. The van der Waals surface area contributed by atoms with E-state index in [2.05, 4.69) is 47.6 Å². The molecule has 2 fully saturated rings. The van der Waals surface area contributed by atoms with Crippen LogP contribution in [0, 0.1) is 5.92 Å². The first-order chi connectivity index (χ1) is 9.86. The van der Waals surface area contributed by atoms with Crippen molar-refractivity contribution in [1.82, 2.24) is 10.2 Å². The van der Waals surface area contributed by atoms with Crippen molar-refractivity contribution in [3.63, 3.8) is 0 Å². The SMILES string of the molecule is CNC1CCCC1CCN1CCC(c2ccccc2)C1. The lowest BCUT2D eigenvalue weighted by atomic mass is 9.98. The number of nitrogens with one attached hydrogen (secondary N) is 1. The first kappa shape index (κ1) is 14.1. The number of likely N-dealkylation sites (tertiary alicyclic amines) is 1. The second kappa shape index (κ2) is 6.73. The fourth-order valence-electron chi connectivity index (χ4n) is 4.14. The molecular formula is C18H28N2. The summed E-state index contributed by atoms with van der Waals surface area (Å²) in [5, 5.41) is 3.51. The Balaban J connectivity index is 1.46. The minimum atomic E-state index is 0.764. The predicted octanol–water partition coefficient (Wildman–Crippen LogP) is 3.25. The third-order valence-corrected chi connectivity index (χ3v) is 5.39. The van der Waals surface area contributed by atoms with Crippen LogP contribution in [0.15, 0.2) is 30.3 Å². The van der Waals surface area contributed by atoms with Crippen molar-refractivity contribution in [3.8, 4) is 0 Å². The fraction of sp³-hybridized carbons (Fsp3) is 0.667. The van der Waals surface area contributed by atoms with Crippen molar-refractivity contribution in [3.05, 3.63) is 35.9 Å². The number of hydrogen-bond acceptors (Lipinski definition) is 2. The van der Waals surface area contributed by atoms with Gasteiger partial charge in [0.15, 0.2) is 0 Å². The lowest BCUT2D eigenvalue weighted by Gasteiger charge is -2.22. The molecule has 20 heavy (non-hydrogen) atoms. The monoisotopic (exact) mass is 272 g/mol. The Kier molecular flexibility index (Phi) is 4.74. The summed E-state index contributed by atoms with van der Waals surface area (Å²) in [6.45, 7) is 3.85. The summed E-state index contributed by atoms with van der Waals surface area (Å²) >= 11 is 0. The molecule has 2 nitrogen and oxygen atoms in total. The number of nitrogens with zero attached hydrogens (tertiary/aromatic N) is 1. The van der Waals surface area contributed by atoms with Gasteiger partial charge in [0.25, 0.3) is 0 Å². The minimum absolute atomic E-state index is 0.764. The van der Waals surface area contributed by atoms with E-state index >= 15 is 0 Å². The number of hydrogen-bond donors (Lipinski definition) is 1. The molecule has 0 radical (unpaired) electrons. The van der Waals surface area contributed by atoms with Crippen molar-refractivity contribution < 1.29 is 0 Å². The Morgan fingerprint density at radius 2 is 2.00 bits per heavy atom. The molecule has 110 valence electrons. The average molecular weight is 272 g/mol. The summed E-state index contributed by atoms with van der Waals surface area (Å²) in [5.74, 6) is 1.68. The molecule has 1 N–H and O–H groups in total. The highest BCUT2D eigenvalue weighted by Crippen LogP contribution is 2.31. The van der Waals surface area contributed by atoms with E-state index in [4.69, 9.17) is 0 Å². The highest BCUT2D eigenvalue weighted by Gasteiger charge is 2.28. The van der Waals surface area contributed by atoms with Crippen LogP contribution in [0.3, 0.4) is 0 Å². The molecule has 1 saturated heterocycles. The van der Waals surface area contributed by atoms with Gasteiger partial charge in [0, 0.05) is 12.6 Å². The smallest absolute Gasteiger partial charge is 0.00928 e. The van der Waals surface area contributed by atoms with Crippen molar-refractivity contribution in [2.75, 3.05) is 26.7 Å². The Hall–Kier alpha value is -0.860. The summed E-state index contributed by atoms with van der Waals surface area (Å²) in [6, 6.07) is 11.8. The first-order valence-corrected chi connectivity index (χ1v) is 8.31. The summed E-state index contributed by atoms with van der Waals surface area (Å²) in [7, 11) is 2.13. The van der Waals surface area contributed by atoms with E-state index in [1.807, 2.05) is 0 Å². The van der Waals surface area contributed by atoms with Gasteiger partial charge in [-0.15, -0.1) is 0 Å². The van der Waals surface area contributed by atoms with Crippen molar-refractivity contribution in [2.24, 2.45) is 5.92 Å². The van der Waals surface area contributed by atoms with E-state index in [1.54, 1.807) is 0 Å². The zero-order chi connectivity index (χ0) is 13.8. The van der Waals surface area contributed by atoms with E-state index in [9.17, 15) is 0 Å².